The van der Waals surface area contributed by atoms with E-state index in [1.54, 1.807) is 6.92 Å². The number of carbonyl (C=O) groups is 2. The Balaban J connectivity index is 0.00000210. The molecule has 1 aliphatic carbocycles. The van der Waals surface area contributed by atoms with Crippen LogP contribution in [0.3, 0.4) is 0 Å². The Bertz CT molecular complexity index is 1320. The van der Waals surface area contributed by atoms with E-state index >= 15 is 0 Å². The van der Waals surface area contributed by atoms with Gasteiger partial charge < -0.3 is 26.5 Å². The number of carbonyl (C=O) groups excluding carboxylic acids is 1. The van der Waals surface area contributed by atoms with E-state index < -0.39 is 5.97 Å². The van der Waals surface area contributed by atoms with Gasteiger partial charge in [-0.25, -0.2) is 9.78 Å². The van der Waals surface area contributed by atoms with Crippen molar-refractivity contribution >= 4 is 51.5 Å². The molecule has 2 aromatic heterocycles. The number of fused-ring (bicyclic) bond motifs is 1. The van der Waals surface area contributed by atoms with E-state index in [0.29, 0.717) is 47.7 Å². The van der Waals surface area contributed by atoms with E-state index in [-0.39, 0.29) is 59.7 Å². The van der Waals surface area contributed by atoms with Crippen LogP contribution in [0.15, 0.2) is 24.3 Å². The second kappa shape index (κ2) is 11.9. The number of anilines is 1. The van der Waals surface area contributed by atoms with Crippen molar-refractivity contribution in [3.8, 4) is 5.75 Å². The van der Waals surface area contributed by atoms with Gasteiger partial charge in [-0.2, -0.15) is 0 Å². The molecule has 0 spiro atoms. The van der Waals surface area contributed by atoms with Crippen LogP contribution >= 0.6 is 34.5 Å². The van der Waals surface area contributed by atoms with E-state index in [0.717, 1.165) is 24.2 Å². The molecule has 1 saturated heterocycles. The number of thiazole rings is 1. The molecular weight excluding hydrogens is 542 g/mol. The van der Waals surface area contributed by atoms with Crippen LogP contribution in [0.2, 0.25) is 10.0 Å². The summed E-state index contributed by atoms with van der Waals surface area (Å²) in [6.07, 6.45) is 2.52. The monoisotopic (exact) mass is 570 g/mol. The first-order valence-electron chi connectivity index (χ1n) is 12.3. The molecule has 12 heteroatoms. The summed E-state index contributed by atoms with van der Waals surface area (Å²) in [6, 6.07) is 7.79. The van der Waals surface area contributed by atoms with Crippen LogP contribution in [-0.2, 0) is 6.42 Å². The molecule has 3 heterocycles. The number of aromatic carboxylic acids is 1. The summed E-state index contributed by atoms with van der Waals surface area (Å²) >= 11 is 13.5. The Morgan fingerprint density at radius 3 is 2.50 bits per heavy atom. The van der Waals surface area contributed by atoms with Crippen LogP contribution in [0, 0.1) is 18.8 Å². The van der Waals surface area contributed by atoms with E-state index in [1.165, 1.54) is 11.3 Å². The van der Waals surface area contributed by atoms with Crippen molar-refractivity contribution in [2.45, 2.75) is 39.2 Å². The largest absolute Gasteiger partial charge is 1.00 e. The van der Waals surface area contributed by atoms with Gasteiger partial charge in [0.2, 0.25) is 0 Å². The number of piperidine rings is 1. The van der Waals surface area contributed by atoms with Crippen molar-refractivity contribution in [1.29, 1.82) is 0 Å². The Kier molecular flexibility index (Phi) is 9.06. The van der Waals surface area contributed by atoms with Gasteiger partial charge in [0.15, 0.2) is 5.13 Å². The number of aromatic nitrogens is 2. The Hall–Kier alpha value is -2.15. The summed E-state index contributed by atoms with van der Waals surface area (Å²) in [5.41, 5.74) is 2.48. The van der Waals surface area contributed by atoms with Crippen LogP contribution in [0.1, 0.15) is 58.3 Å². The number of rotatable bonds is 10. The third-order valence-corrected chi connectivity index (χ3v) is 9.08. The average molecular weight is 571 g/mol. The number of aryl methyl sites for hydroxylation is 1. The van der Waals surface area contributed by atoms with Crippen LogP contribution < -0.4 is 33.8 Å². The topological polar surface area (TPSA) is 108 Å². The van der Waals surface area contributed by atoms with Gasteiger partial charge in [0.05, 0.1) is 22.3 Å². The zero-order valence-electron chi connectivity index (χ0n) is 22.5. The predicted octanol–water partition coefficient (Wildman–Crippen LogP) is 2.54. The Labute approximate surface area is 248 Å². The molecule has 1 saturated carbocycles. The van der Waals surface area contributed by atoms with Crippen molar-refractivity contribution in [3.05, 3.63) is 61.8 Å². The molecule has 38 heavy (non-hydrogen) atoms. The van der Waals surface area contributed by atoms with Gasteiger partial charge in [0.25, 0.3) is 5.91 Å². The first-order chi connectivity index (χ1) is 17.8. The molecule has 1 amide bonds. The van der Waals surface area contributed by atoms with Gasteiger partial charge in [-0.1, -0.05) is 60.0 Å². The number of carboxylic acids is 1. The van der Waals surface area contributed by atoms with Gasteiger partial charge in [-0.15, -0.1) is 0 Å². The smallest absolute Gasteiger partial charge is 1.00 e. The number of hydrogen-bond donors (Lipinski definition) is 3. The maximum absolute atomic E-state index is 12.7. The zero-order chi connectivity index (χ0) is 26.3. The van der Waals surface area contributed by atoms with E-state index in [4.69, 9.17) is 32.9 Å². The fraction of sp³-hybridized carbons (Fsp3) is 0.423. The zero-order valence-corrected chi connectivity index (χ0v) is 23.8. The molecule has 3 aromatic rings. The number of carboxylic acid groups (broad SMARTS) is 1. The SMILES string of the molecule is CCCCOc1ccc(Cc2nc(N3C[C@@H]4C(NC(=O)c5[nH]c(C)c(Cl)c5Cl)[C@@H]4C3)sc2C(=O)O)cc1.[H-].[Li+]. The number of nitrogens with zero attached hydrogens (tertiary/aromatic N) is 2. The second-order valence-corrected chi connectivity index (χ2v) is 11.3. The summed E-state index contributed by atoms with van der Waals surface area (Å²) in [4.78, 5) is 34.6. The van der Waals surface area contributed by atoms with Crippen LogP contribution in [0.4, 0.5) is 5.13 Å². The van der Waals surface area contributed by atoms with Gasteiger partial charge in [-0.05, 0) is 31.0 Å². The minimum Gasteiger partial charge on any atom is -1.00 e. The van der Waals surface area contributed by atoms with Crippen molar-refractivity contribution in [3.63, 3.8) is 0 Å². The summed E-state index contributed by atoms with van der Waals surface area (Å²) in [5, 5.41) is 14.1. The number of amides is 1. The molecule has 3 atom stereocenters. The van der Waals surface area contributed by atoms with Crippen LogP contribution in [-0.4, -0.2) is 52.7 Å². The fourth-order valence-corrected chi connectivity index (χ4v) is 6.20. The van der Waals surface area contributed by atoms with Crippen LogP contribution in [0.25, 0.3) is 0 Å². The number of H-pyrrole nitrogens is 1. The van der Waals surface area contributed by atoms with E-state index in [1.807, 2.05) is 24.3 Å². The van der Waals surface area contributed by atoms with E-state index in [2.05, 4.69) is 22.1 Å². The number of nitrogens with one attached hydrogen (secondary N) is 2. The van der Waals surface area contributed by atoms with Crippen LogP contribution in [0.5, 0.6) is 5.75 Å². The normalized spacial score (nSPS) is 19.6. The number of aromatic amines is 1. The minimum atomic E-state index is -0.968. The Morgan fingerprint density at radius 2 is 1.92 bits per heavy atom. The molecule has 0 radical (unpaired) electrons. The second-order valence-electron chi connectivity index (χ2n) is 9.59. The average Bonchev–Trinajstić information content (AvgIpc) is 3.23. The fourth-order valence-electron chi connectivity index (χ4n) is 4.84. The van der Waals surface area contributed by atoms with E-state index in [9.17, 15) is 14.7 Å². The van der Waals surface area contributed by atoms with Gasteiger partial charge >= 0.3 is 24.8 Å². The van der Waals surface area contributed by atoms with Crippen molar-refractivity contribution in [2.24, 2.45) is 11.8 Å². The van der Waals surface area contributed by atoms with Gasteiger partial charge in [0, 0.05) is 43.1 Å². The van der Waals surface area contributed by atoms with Gasteiger partial charge in [-0.3, -0.25) is 4.79 Å². The first-order valence-corrected chi connectivity index (χ1v) is 13.9. The molecule has 3 N–H and O–H groups in total. The van der Waals surface area contributed by atoms with Crippen molar-refractivity contribution in [2.75, 3.05) is 24.6 Å². The molecule has 2 fully saturated rings. The maximum Gasteiger partial charge on any atom is 1.00 e. The molecule has 1 unspecified atom stereocenters. The molecule has 1 aromatic carbocycles. The molecule has 2 aliphatic rings. The summed E-state index contributed by atoms with van der Waals surface area (Å²) in [6.45, 7) is 5.99. The molecule has 1 aliphatic heterocycles. The summed E-state index contributed by atoms with van der Waals surface area (Å²) in [5.74, 6) is 0.150. The predicted molar refractivity (Wildman–Crippen MR) is 146 cm³/mol. The molecular formula is C26H29Cl2LiN4O4S. The third kappa shape index (κ3) is 5.87. The summed E-state index contributed by atoms with van der Waals surface area (Å²) < 4.78 is 5.71. The molecule has 8 nitrogen and oxygen atoms in total. The number of hydrogen-bond acceptors (Lipinski definition) is 6. The number of benzene rings is 1. The molecule has 0 bridgehead atoms. The third-order valence-electron chi connectivity index (χ3n) is 6.99. The first kappa shape index (κ1) is 28.8. The van der Waals surface area contributed by atoms with Gasteiger partial charge in [0.1, 0.15) is 16.3 Å². The summed E-state index contributed by atoms with van der Waals surface area (Å²) in [7, 11) is 0. The molecule has 198 valence electrons. The number of halogens is 2. The number of ether oxygens (including phenoxy) is 1. The maximum atomic E-state index is 12.7. The molecule has 5 rings (SSSR count). The quantitative estimate of drug-likeness (QED) is 0.255. The minimum absolute atomic E-state index is 0. The van der Waals surface area contributed by atoms with Crippen molar-refractivity contribution in [1.82, 2.24) is 15.3 Å². The Morgan fingerprint density at radius 1 is 1.24 bits per heavy atom. The van der Waals surface area contributed by atoms with Crippen molar-refractivity contribution < 1.29 is 39.7 Å². The standard InChI is InChI=1S/C26H28Cl2N4O4S.Li.H/c1-3-4-9-36-15-7-5-14(6-8-15)10-18-23(25(34)35)37-26(30-18)32-11-16-17(12-32)21(16)31-24(33)22-20(28)19(27)13(2)29-22;;/h5-8,16-17,21,29H,3-4,9-12H2,1-2H3,(H,31,33)(H,34,35);;/q;+1;-1/t16-,17+,21?;;. The number of unbranched alkanes of at least 4 members (excludes halogenated alkanes) is 1.